The third kappa shape index (κ3) is 0.808. The average Bonchev–Trinajstić information content (AvgIpc) is 2.35. The highest BCUT2D eigenvalue weighted by atomic mass is 16.5. The molecule has 0 bridgehead atoms. The predicted molar refractivity (Wildman–Crippen MR) is 41.3 cm³/mol. The van der Waals surface area contributed by atoms with Crippen LogP contribution in [0.2, 0.25) is 0 Å². The van der Waals surface area contributed by atoms with Gasteiger partial charge in [0.15, 0.2) is 5.58 Å². The largest absolute Gasteiger partial charge is 0.354 e. The van der Waals surface area contributed by atoms with Crippen LogP contribution >= 0.6 is 0 Å². The number of hydrogen-bond acceptors (Lipinski definition) is 3. The Labute approximate surface area is 64.0 Å². The van der Waals surface area contributed by atoms with Crippen molar-refractivity contribution in [2.24, 2.45) is 0 Å². The molecule has 0 aliphatic rings. The summed E-state index contributed by atoms with van der Waals surface area (Å²) < 4.78 is 5.07. The molecular weight excluding hydrogens is 140 g/mol. The Hall–Kier alpha value is -1.38. The van der Waals surface area contributed by atoms with Gasteiger partial charge in [0.25, 0.3) is 0 Å². The quantitative estimate of drug-likeness (QED) is 0.572. The molecule has 0 aromatic carbocycles. The van der Waals surface area contributed by atoms with Crippen LogP contribution in [0.3, 0.4) is 0 Å². The number of aromatic nitrogens is 2. The van der Waals surface area contributed by atoms with Crippen LogP contribution in [0.15, 0.2) is 16.8 Å². The van der Waals surface area contributed by atoms with E-state index >= 15 is 0 Å². The molecule has 0 atom stereocenters. The van der Waals surface area contributed by atoms with Crippen molar-refractivity contribution < 1.29 is 4.52 Å². The van der Waals surface area contributed by atoms with Crippen LogP contribution < -0.4 is 0 Å². The molecule has 0 aliphatic heterocycles. The summed E-state index contributed by atoms with van der Waals surface area (Å²) in [6.07, 6.45) is 1.77. The highest BCUT2D eigenvalue weighted by Crippen LogP contribution is 2.17. The van der Waals surface area contributed by atoms with Gasteiger partial charge in [-0.05, 0) is 25.5 Å². The van der Waals surface area contributed by atoms with E-state index in [4.69, 9.17) is 4.52 Å². The lowest BCUT2D eigenvalue weighted by Gasteiger charge is -1.89. The van der Waals surface area contributed by atoms with Gasteiger partial charge in [0.1, 0.15) is 11.2 Å². The fraction of sp³-hybridized carbons (Fsp3) is 0.250. The fourth-order valence-corrected chi connectivity index (χ4v) is 1.07. The first-order valence-electron chi connectivity index (χ1n) is 3.46. The monoisotopic (exact) mass is 148 g/mol. The third-order valence-electron chi connectivity index (χ3n) is 1.72. The molecular formula is C8H8N2O. The fourth-order valence-electron chi connectivity index (χ4n) is 1.07. The van der Waals surface area contributed by atoms with E-state index in [-0.39, 0.29) is 0 Å². The normalized spacial score (nSPS) is 10.7. The maximum absolute atomic E-state index is 5.07. The van der Waals surface area contributed by atoms with E-state index in [1.54, 1.807) is 6.20 Å². The molecule has 0 aliphatic carbocycles. The number of hydrogen-bond donors (Lipinski definition) is 0. The van der Waals surface area contributed by atoms with E-state index in [2.05, 4.69) is 10.1 Å². The Bertz CT molecular complexity index is 392. The number of nitrogens with zero attached hydrogens (tertiary/aromatic N) is 2. The van der Waals surface area contributed by atoms with Crippen LogP contribution in [0.25, 0.3) is 11.1 Å². The first kappa shape index (κ1) is 6.34. The van der Waals surface area contributed by atoms with E-state index in [9.17, 15) is 0 Å². The van der Waals surface area contributed by atoms with Crippen LogP contribution in [-0.4, -0.2) is 10.1 Å². The molecule has 56 valence electrons. The highest BCUT2D eigenvalue weighted by Gasteiger charge is 2.05. The number of rotatable bonds is 0. The van der Waals surface area contributed by atoms with Gasteiger partial charge in [0.2, 0.25) is 0 Å². The SMILES string of the molecule is Cc1noc2c(C)ccnc12. The second kappa shape index (κ2) is 2.05. The topological polar surface area (TPSA) is 38.9 Å². The summed E-state index contributed by atoms with van der Waals surface area (Å²) >= 11 is 0. The summed E-state index contributed by atoms with van der Waals surface area (Å²) in [5.74, 6) is 0. The van der Waals surface area contributed by atoms with Gasteiger partial charge in [-0.1, -0.05) is 5.16 Å². The van der Waals surface area contributed by atoms with Gasteiger partial charge < -0.3 is 4.52 Å². The second-order valence-electron chi connectivity index (χ2n) is 2.57. The van der Waals surface area contributed by atoms with Crippen LogP contribution in [0.4, 0.5) is 0 Å². The van der Waals surface area contributed by atoms with E-state index in [0.717, 1.165) is 22.4 Å². The minimum atomic E-state index is 0.796. The zero-order chi connectivity index (χ0) is 7.84. The summed E-state index contributed by atoms with van der Waals surface area (Å²) in [5.41, 5.74) is 3.59. The zero-order valence-electron chi connectivity index (χ0n) is 6.46. The molecule has 2 heterocycles. The van der Waals surface area contributed by atoms with E-state index in [1.807, 2.05) is 19.9 Å². The number of aryl methyl sites for hydroxylation is 2. The van der Waals surface area contributed by atoms with Gasteiger partial charge in [-0.25, -0.2) is 0 Å². The molecule has 3 heteroatoms. The minimum Gasteiger partial charge on any atom is -0.354 e. The Balaban J connectivity index is 2.94. The van der Waals surface area contributed by atoms with Gasteiger partial charge >= 0.3 is 0 Å². The molecule has 0 amide bonds. The third-order valence-corrected chi connectivity index (χ3v) is 1.72. The molecule has 0 spiro atoms. The molecule has 2 aromatic rings. The van der Waals surface area contributed by atoms with Gasteiger partial charge in [-0.2, -0.15) is 0 Å². The Kier molecular flexibility index (Phi) is 1.18. The molecule has 2 aromatic heterocycles. The summed E-state index contributed by atoms with van der Waals surface area (Å²) in [5, 5.41) is 3.82. The van der Waals surface area contributed by atoms with Crippen molar-refractivity contribution in [2.45, 2.75) is 13.8 Å². The molecule has 2 rings (SSSR count). The maximum atomic E-state index is 5.07. The van der Waals surface area contributed by atoms with Crippen molar-refractivity contribution in [3.8, 4) is 0 Å². The van der Waals surface area contributed by atoms with Crippen LogP contribution in [0.5, 0.6) is 0 Å². The molecule has 0 saturated heterocycles. The lowest BCUT2D eigenvalue weighted by Crippen LogP contribution is -1.78. The molecule has 11 heavy (non-hydrogen) atoms. The van der Waals surface area contributed by atoms with Gasteiger partial charge in [0.05, 0.1) is 0 Å². The van der Waals surface area contributed by atoms with Crippen LogP contribution in [-0.2, 0) is 0 Å². The number of fused-ring (bicyclic) bond motifs is 1. The van der Waals surface area contributed by atoms with E-state index < -0.39 is 0 Å². The standard InChI is InChI=1S/C8H8N2O/c1-5-3-4-9-7-6(2)10-11-8(5)7/h3-4H,1-2H3. The highest BCUT2D eigenvalue weighted by molar-refractivity contribution is 5.77. The summed E-state index contributed by atoms with van der Waals surface area (Å²) in [6, 6.07) is 1.91. The summed E-state index contributed by atoms with van der Waals surface area (Å²) in [6.45, 7) is 3.87. The number of pyridine rings is 1. The van der Waals surface area contributed by atoms with Crippen molar-refractivity contribution in [2.75, 3.05) is 0 Å². The van der Waals surface area contributed by atoms with E-state index in [0.29, 0.717) is 0 Å². The summed E-state index contributed by atoms with van der Waals surface area (Å²) in [4.78, 5) is 4.15. The zero-order valence-corrected chi connectivity index (χ0v) is 6.46. The molecule has 0 unspecified atom stereocenters. The average molecular weight is 148 g/mol. The second-order valence-corrected chi connectivity index (χ2v) is 2.57. The Morgan fingerprint density at radius 2 is 2.18 bits per heavy atom. The first-order valence-corrected chi connectivity index (χ1v) is 3.46. The minimum absolute atomic E-state index is 0.796. The van der Waals surface area contributed by atoms with E-state index in [1.165, 1.54) is 0 Å². The molecule has 0 radical (unpaired) electrons. The molecule has 0 N–H and O–H groups in total. The van der Waals surface area contributed by atoms with Crippen molar-refractivity contribution in [3.05, 3.63) is 23.5 Å². The van der Waals surface area contributed by atoms with Crippen molar-refractivity contribution in [1.29, 1.82) is 0 Å². The predicted octanol–water partition coefficient (Wildman–Crippen LogP) is 1.84. The smallest absolute Gasteiger partial charge is 0.188 e. The lowest BCUT2D eigenvalue weighted by molar-refractivity contribution is 0.449. The Morgan fingerprint density at radius 3 is 2.91 bits per heavy atom. The van der Waals surface area contributed by atoms with Crippen LogP contribution in [0, 0.1) is 13.8 Å². The van der Waals surface area contributed by atoms with Crippen molar-refractivity contribution in [1.82, 2.24) is 10.1 Å². The molecule has 0 saturated carbocycles. The summed E-state index contributed by atoms with van der Waals surface area (Å²) in [7, 11) is 0. The first-order chi connectivity index (χ1) is 5.29. The maximum Gasteiger partial charge on any atom is 0.188 e. The van der Waals surface area contributed by atoms with Gasteiger partial charge in [0, 0.05) is 6.20 Å². The van der Waals surface area contributed by atoms with Crippen molar-refractivity contribution in [3.63, 3.8) is 0 Å². The van der Waals surface area contributed by atoms with Gasteiger partial charge in [-0.3, -0.25) is 4.98 Å². The van der Waals surface area contributed by atoms with Gasteiger partial charge in [-0.15, -0.1) is 0 Å². The molecule has 0 fully saturated rings. The van der Waals surface area contributed by atoms with Crippen molar-refractivity contribution >= 4 is 11.1 Å². The van der Waals surface area contributed by atoms with Crippen LogP contribution in [0.1, 0.15) is 11.3 Å². The lowest BCUT2D eigenvalue weighted by atomic mass is 10.2. The molecule has 3 nitrogen and oxygen atoms in total. The Morgan fingerprint density at radius 1 is 1.36 bits per heavy atom.